The molecule has 3 heterocycles. The third-order valence-electron chi connectivity index (χ3n) is 5.84. The van der Waals surface area contributed by atoms with Gasteiger partial charge in [0.25, 0.3) is 5.78 Å². The summed E-state index contributed by atoms with van der Waals surface area (Å²) in [6.07, 6.45) is 2.81. The molecule has 0 radical (unpaired) electrons. The Morgan fingerprint density at radius 2 is 1.84 bits per heavy atom. The van der Waals surface area contributed by atoms with Crippen molar-refractivity contribution in [2.24, 2.45) is 0 Å². The van der Waals surface area contributed by atoms with Gasteiger partial charge >= 0.3 is 0 Å². The van der Waals surface area contributed by atoms with Crippen LogP contribution < -0.4 is 0 Å². The first kappa shape index (κ1) is 22.3. The summed E-state index contributed by atoms with van der Waals surface area (Å²) in [5.41, 5.74) is 2.69. The van der Waals surface area contributed by atoms with Gasteiger partial charge in [0.1, 0.15) is 12.1 Å². The zero-order chi connectivity index (χ0) is 22.9. The minimum atomic E-state index is -3.73. The van der Waals surface area contributed by atoms with E-state index in [-0.39, 0.29) is 17.3 Å². The standard InChI is InChI=1S/C21H25FN6O3S/c1-15-19(16(2)28-21(25-15)23-14-24-28)8-9-20(29)26-10-3-11-27(13-12-26)32(30,31)18-6-4-17(22)5-7-18/h4-7,14H,3,8-13H2,1-2H3. The number of fused-ring (bicyclic) bond motifs is 1. The molecule has 11 heteroatoms. The number of rotatable bonds is 5. The summed E-state index contributed by atoms with van der Waals surface area (Å²) in [6, 6.07) is 4.80. The molecule has 32 heavy (non-hydrogen) atoms. The lowest BCUT2D eigenvalue weighted by Gasteiger charge is -2.22. The van der Waals surface area contributed by atoms with Gasteiger partial charge in [0, 0.05) is 44.0 Å². The molecule has 0 saturated carbocycles. The molecule has 2 aromatic heterocycles. The van der Waals surface area contributed by atoms with Crippen molar-refractivity contribution in [2.75, 3.05) is 26.2 Å². The summed E-state index contributed by atoms with van der Waals surface area (Å²) < 4.78 is 41.9. The minimum absolute atomic E-state index is 0.0245. The van der Waals surface area contributed by atoms with Gasteiger partial charge in [-0.05, 0) is 56.5 Å². The maximum absolute atomic E-state index is 13.2. The molecule has 1 amide bonds. The Kier molecular flexibility index (Phi) is 6.20. The second-order valence-corrected chi connectivity index (χ2v) is 9.76. The molecule has 1 aliphatic rings. The number of benzene rings is 1. The molecule has 1 aromatic carbocycles. The molecule has 0 atom stereocenters. The number of aryl methyl sites for hydroxylation is 2. The van der Waals surface area contributed by atoms with Crippen molar-refractivity contribution < 1.29 is 17.6 Å². The predicted molar refractivity (Wildman–Crippen MR) is 115 cm³/mol. The van der Waals surface area contributed by atoms with Gasteiger partial charge in [0.15, 0.2) is 0 Å². The lowest BCUT2D eigenvalue weighted by molar-refractivity contribution is -0.131. The maximum Gasteiger partial charge on any atom is 0.252 e. The first-order valence-electron chi connectivity index (χ1n) is 10.5. The molecule has 0 unspecified atom stereocenters. The number of hydrogen-bond acceptors (Lipinski definition) is 6. The predicted octanol–water partition coefficient (Wildman–Crippen LogP) is 1.74. The zero-order valence-electron chi connectivity index (χ0n) is 18.0. The van der Waals surface area contributed by atoms with E-state index in [0.29, 0.717) is 44.7 Å². The fraction of sp³-hybridized carbons (Fsp3) is 0.429. The topological polar surface area (TPSA) is 101 Å². The molecule has 170 valence electrons. The second-order valence-electron chi connectivity index (χ2n) is 7.83. The fourth-order valence-electron chi connectivity index (χ4n) is 4.05. The van der Waals surface area contributed by atoms with Crippen molar-refractivity contribution in [1.29, 1.82) is 0 Å². The monoisotopic (exact) mass is 460 g/mol. The molecule has 1 saturated heterocycles. The Morgan fingerprint density at radius 3 is 2.59 bits per heavy atom. The first-order chi connectivity index (χ1) is 15.3. The van der Waals surface area contributed by atoms with E-state index >= 15 is 0 Å². The van der Waals surface area contributed by atoms with E-state index < -0.39 is 15.8 Å². The van der Waals surface area contributed by atoms with Gasteiger partial charge in [-0.25, -0.2) is 22.3 Å². The van der Waals surface area contributed by atoms with E-state index in [4.69, 9.17) is 0 Å². The highest BCUT2D eigenvalue weighted by Crippen LogP contribution is 2.19. The molecular weight excluding hydrogens is 435 g/mol. The Morgan fingerprint density at radius 1 is 1.09 bits per heavy atom. The molecule has 1 fully saturated rings. The molecule has 0 aliphatic carbocycles. The molecule has 3 aromatic rings. The van der Waals surface area contributed by atoms with Crippen molar-refractivity contribution in [3.63, 3.8) is 0 Å². The smallest absolute Gasteiger partial charge is 0.252 e. The minimum Gasteiger partial charge on any atom is -0.341 e. The highest BCUT2D eigenvalue weighted by Gasteiger charge is 2.28. The van der Waals surface area contributed by atoms with Crippen molar-refractivity contribution in [1.82, 2.24) is 28.8 Å². The van der Waals surface area contributed by atoms with Gasteiger partial charge in [-0.1, -0.05) is 0 Å². The van der Waals surface area contributed by atoms with Crippen molar-refractivity contribution in [2.45, 2.75) is 38.0 Å². The summed E-state index contributed by atoms with van der Waals surface area (Å²) in [5.74, 6) is 0.0220. The number of nitrogens with zero attached hydrogens (tertiary/aromatic N) is 6. The Hall–Kier alpha value is -2.92. The van der Waals surface area contributed by atoms with E-state index in [1.807, 2.05) is 13.8 Å². The van der Waals surface area contributed by atoms with Crippen LogP contribution in [0.3, 0.4) is 0 Å². The SMILES string of the molecule is Cc1nc2ncnn2c(C)c1CCC(=O)N1CCCN(S(=O)(=O)c2ccc(F)cc2)CC1. The molecule has 4 rings (SSSR count). The number of carbonyl (C=O) groups is 1. The van der Waals surface area contributed by atoms with Crippen LogP contribution in [0.1, 0.15) is 29.8 Å². The average Bonchev–Trinajstić information content (AvgIpc) is 3.08. The fourth-order valence-corrected chi connectivity index (χ4v) is 5.52. The van der Waals surface area contributed by atoms with Gasteiger partial charge in [0.2, 0.25) is 15.9 Å². The molecule has 0 spiro atoms. The summed E-state index contributed by atoms with van der Waals surface area (Å²) in [4.78, 5) is 23.2. The lowest BCUT2D eigenvalue weighted by Crippen LogP contribution is -2.37. The Balaban J connectivity index is 1.40. The Labute approximate surface area is 185 Å². The van der Waals surface area contributed by atoms with E-state index in [0.717, 1.165) is 29.1 Å². The average molecular weight is 461 g/mol. The van der Waals surface area contributed by atoms with Crippen LogP contribution in [-0.2, 0) is 21.2 Å². The molecular formula is C21H25FN6O3S. The molecule has 0 N–H and O–H groups in total. The summed E-state index contributed by atoms with van der Waals surface area (Å²) in [7, 11) is -3.73. The molecule has 0 bridgehead atoms. The van der Waals surface area contributed by atoms with Crippen LogP contribution in [0, 0.1) is 19.7 Å². The van der Waals surface area contributed by atoms with Gasteiger partial charge in [-0.2, -0.15) is 14.4 Å². The molecule has 9 nitrogen and oxygen atoms in total. The van der Waals surface area contributed by atoms with Crippen molar-refractivity contribution >= 4 is 21.7 Å². The van der Waals surface area contributed by atoms with Gasteiger partial charge in [-0.15, -0.1) is 0 Å². The van der Waals surface area contributed by atoms with Crippen LogP contribution in [0.5, 0.6) is 0 Å². The normalized spacial score (nSPS) is 15.8. The van der Waals surface area contributed by atoms with Crippen LogP contribution in [0.4, 0.5) is 4.39 Å². The number of sulfonamides is 1. The second kappa shape index (κ2) is 8.91. The summed E-state index contributed by atoms with van der Waals surface area (Å²) in [6.45, 7) is 5.15. The highest BCUT2D eigenvalue weighted by molar-refractivity contribution is 7.89. The van der Waals surface area contributed by atoms with Crippen LogP contribution in [0.2, 0.25) is 0 Å². The van der Waals surface area contributed by atoms with E-state index in [1.165, 1.54) is 22.8 Å². The maximum atomic E-state index is 13.2. The van der Waals surface area contributed by atoms with E-state index in [2.05, 4.69) is 15.1 Å². The van der Waals surface area contributed by atoms with Gasteiger partial charge in [-0.3, -0.25) is 4.79 Å². The number of halogens is 1. The van der Waals surface area contributed by atoms with Crippen LogP contribution >= 0.6 is 0 Å². The third kappa shape index (κ3) is 4.35. The van der Waals surface area contributed by atoms with Crippen molar-refractivity contribution in [3.05, 3.63) is 53.4 Å². The van der Waals surface area contributed by atoms with E-state index in [9.17, 15) is 17.6 Å². The van der Waals surface area contributed by atoms with Crippen molar-refractivity contribution in [3.8, 4) is 0 Å². The largest absolute Gasteiger partial charge is 0.341 e. The number of hydrogen-bond donors (Lipinski definition) is 0. The third-order valence-corrected chi connectivity index (χ3v) is 7.75. The zero-order valence-corrected chi connectivity index (χ0v) is 18.8. The van der Waals surface area contributed by atoms with Gasteiger partial charge in [0.05, 0.1) is 4.90 Å². The summed E-state index contributed by atoms with van der Waals surface area (Å²) >= 11 is 0. The van der Waals surface area contributed by atoms with Crippen LogP contribution in [0.15, 0.2) is 35.5 Å². The number of aromatic nitrogens is 4. The summed E-state index contributed by atoms with van der Waals surface area (Å²) in [5, 5.41) is 4.17. The lowest BCUT2D eigenvalue weighted by atomic mass is 10.1. The number of carbonyl (C=O) groups excluding carboxylic acids is 1. The van der Waals surface area contributed by atoms with Crippen LogP contribution in [-0.4, -0.2) is 69.3 Å². The van der Waals surface area contributed by atoms with Gasteiger partial charge < -0.3 is 4.90 Å². The van der Waals surface area contributed by atoms with E-state index in [1.54, 1.807) is 9.42 Å². The first-order valence-corrected chi connectivity index (χ1v) is 11.9. The molecule has 1 aliphatic heterocycles. The van der Waals surface area contributed by atoms with Crippen LogP contribution in [0.25, 0.3) is 5.78 Å². The number of amides is 1. The highest BCUT2D eigenvalue weighted by atomic mass is 32.2. The quantitative estimate of drug-likeness (QED) is 0.575. The Bertz CT molecular complexity index is 1240.